The zero-order valence-electron chi connectivity index (χ0n) is 6.08. The average molecular weight is 163 g/mol. The molecule has 1 aliphatic rings. The molecule has 1 saturated heterocycles. The predicted octanol–water partition coefficient (Wildman–Crippen LogP) is -0.0892. The quantitative estimate of drug-likeness (QED) is 0.543. The van der Waals surface area contributed by atoms with Crippen LogP contribution in [-0.4, -0.2) is 25.5 Å². The molecule has 60 valence electrons. The molecule has 10 heavy (non-hydrogen) atoms. The lowest BCUT2D eigenvalue weighted by molar-refractivity contribution is 0.510. The summed E-state index contributed by atoms with van der Waals surface area (Å²) < 4.78 is 22.2. The molecular weight excluding hydrogens is 150 g/mol. The van der Waals surface area contributed by atoms with Crippen LogP contribution in [0, 0.1) is 0 Å². The molecule has 0 aliphatic carbocycles. The Bertz CT molecular complexity index is 210. The fourth-order valence-corrected chi connectivity index (χ4v) is 2.82. The van der Waals surface area contributed by atoms with E-state index in [-0.39, 0.29) is 11.3 Å². The largest absolute Gasteiger partial charge is 0.327 e. The molecule has 2 N–H and O–H groups in total. The van der Waals surface area contributed by atoms with Crippen molar-refractivity contribution in [3.63, 3.8) is 0 Å². The predicted molar refractivity (Wildman–Crippen MR) is 40.5 cm³/mol. The van der Waals surface area contributed by atoms with E-state index in [1.165, 1.54) is 0 Å². The minimum absolute atomic E-state index is 0.140. The van der Waals surface area contributed by atoms with Gasteiger partial charge in [-0.15, -0.1) is 0 Å². The van der Waals surface area contributed by atoms with E-state index >= 15 is 0 Å². The van der Waals surface area contributed by atoms with Crippen LogP contribution < -0.4 is 5.73 Å². The zero-order chi connectivity index (χ0) is 7.78. The summed E-state index contributed by atoms with van der Waals surface area (Å²) in [5.74, 6) is 0.321. The molecule has 1 fully saturated rings. The molecule has 0 spiro atoms. The lowest BCUT2D eigenvalue weighted by Gasteiger charge is -2.24. The molecule has 0 aromatic rings. The molecule has 1 aliphatic heterocycles. The van der Waals surface area contributed by atoms with Crippen LogP contribution in [0.1, 0.15) is 19.8 Å². The van der Waals surface area contributed by atoms with Gasteiger partial charge in [-0.1, -0.05) is 0 Å². The van der Waals surface area contributed by atoms with Crippen LogP contribution in [0.4, 0.5) is 0 Å². The molecule has 0 bridgehead atoms. The van der Waals surface area contributed by atoms with Gasteiger partial charge in [-0.25, -0.2) is 8.42 Å². The van der Waals surface area contributed by atoms with E-state index in [0.29, 0.717) is 5.75 Å². The number of hydrogen-bond acceptors (Lipinski definition) is 3. The van der Waals surface area contributed by atoms with Crippen LogP contribution >= 0.6 is 0 Å². The Labute approximate surface area is 61.5 Å². The summed E-state index contributed by atoms with van der Waals surface area (Å²) >= 11 is 0. The van der Waals surface area contributed by atoms with Gasteiger partial charge in [0.25, 0.3) is 0 Å². The molecule has 1 heterocycles. The van der Waals surface area contributed by atoms with Crippen LogP contribution in [0.2, 0.25) is 0 Å². The van der Waals surface area contributed by atoms with E-state index in [0.717, 1.165) is 12.8 Å². The van der Waals surface area contributed by atoms with Gasteiger partial charge in [-0.05, 0) is 19.8 Å². The smallest absolute Gasteiger partial charge is 0.154 e. The first-order chi connectivity index (χ1) is 4.54. The van der Waals surface area contributed by atoms with Gasteiger partial charge in [0.2, 0.25) is 0 Å². The van der Waals surface area contributed by atoms with Crippen molar-refractivity contribution in [1.29, 1.82) is 0 Å². The Balaban J connectivity index is 2.80. The van der Waals surface area contributed by atoms with Crippen molar-refractivity contribution < 1.29 is 8.42 Å². The Morgan fingerprint density at radius 3 is 2.50 bits per heavy atom. The van der Waals surface area contributed by atoms with E-state index in [9.17, 15) is 8.42 Å². The van der Waals surface area contributed by atoms with Crippen molar-refractivity contribution >= 4 is 9.84 Å². The highest BCUT2D eigenvalue weighted by Crippen LogP contribution is 2.17. The summed E-state index contributed by atoms with van der Waals surface area (Å²) in [4.78, 5) is 0. The van der Waals surface area contributed by atoms with Gasteiger partial charge in [0.1, 0.15) is 0 Å². The Hall–Kier alpha value is -0.0900. The molecule has 0 saturated carbocycles. The van der Waals surface area contributed by atoms with Crippen LogP contribution in [-0.2, 0) is 9.84 Å². The average Bonchev–Trinajstić information content (AvgIpc) is 1.83. The van der Waals surface area contributed by atoms with Crippen LogP contribution in [0.3, 0.4) is 0 Å². The van der Waals surface area contributed by atoms with Crippen molar-refractivity contribution in [2.45, 2.75) is 31.1 Å². The highest BCUT2D eigenvalue weighted by atomic mass is 32.2. The second-order valence-electron chi connectivity index (χ2n) is 2.88. The molecule has 4 heteroatoms. The summed E-state index contributed by atoms with van der Waals surface area (Å²) in [5, 5.41) is -0.332. The molecule has 2 unspecified atom stereocenters. The maximum absolute atomic E-state index is 11.1. The fraction of sp³-hybridized carbons (Fsp3) is 1.00. The van der Waals surface area contributed by atoms with Crippen molar-refractivity contribution in [3.8, 4) is 0 Å². The summed E-state index contributed by atoms with van der Waals surface area (Å²) in [6, 6.07) is -0.140. The minimum Gasteiger partial charge on any atom is -0.327 e. The lowest BCUT2D eigenvalue weighted by atomic mass is 10.1. The zero-order valence-corrected chi connectivity index (χ0v) is 6.89. The summed E-state index contributed by atoms with van der Waals surface area (Å²) in [6.07, 6.45) is 1.58. The molecule has 0 amide bonds. The summed E-state index contributed by atoms with van der Waals surface area (Å²) in [6.45, 7) is 1.69. The van der Waals surface area contributed by atoms with E-state index in [4.69, 9.17) is 5.73 Å². The number of rotatable bonds is 0. The lowest BCUT2D eigenvalue weighted by Crippen LogP contribution is -2.43. The highest BCUT2D eigenvalue weighted by molar-refractivity contribution is 7.92. The standard InChI is InChI=1S/C6H13NO2S/c1-5-6(7)3-2-4-10(5,8)9/h5-6H,2-4,7H2,1H3. The fourth-order valence-electron chi connectivity index (χ4n) is 1.21. The number of hydrogen-bond donors (Lipinski definition) is 1. The third-order valence-corrected chi connectivity index (χ3v) is 4.48. The van der Waals surface area contributed by atoms with Gasteiger partial charge in [0, 0.05) is 6.04 Å². The third kappa shape index (κ3) is 1.32. The molecule has 0 radical (unpaired) electrons. The van der Waals surface area contributed by atoms with Gasteiger partial charge in [0.05, 0.1) is 11.0 Å². The van der Waals surface area contributed by atoms with E-state index in [1.807, 2.05) is 0 Å². The van der Waals surface area contributed by atoms with Crippen molar-refractivity contribution in [3.05, 3.63) is 0 Å². The first-order valence-electron chi connectivity index (χ1n) is 3.51. The molecule has 1 rings (SSSR count). The van der Waals surface area contributed by atoms with Gasteiger partial charge >= 0.3 is 0 Å². The Morgan fingerprint density at radius 1 is 1.50 bits per heavy atom. The maximum Gasteiger partial charge on any atom is 0.154 e. The molecule has 2 atom stereocenters. The highest BCUT2D eigenvalue weighted by Gasteiger charge is 2.30. The monoisotopic (exact) mass is 163 g/mol. The maximum atomic E-state index is 11.1. The van der Waals surface area contributed by atoms with Crippen molar-refractivity contribution in [2.24, 2.45) is 5.73 Å². The normalized spacial score (nSPS) is 39.4. The van der Waals surface area contributed by atoms with E-state index in [1.54, 1.807) is 6.92 Å². The Morgan fingerprint density at radius 2 is 2.10 bits per heavy atom. The summed E-state index contributed by atoms with van der Waals surface area (Å²) in [7, 11) is -2.84. The first kappa shape index (κ1) is 8.01. The Kier molecular flexibility index (Phi) is 2.01. The van der Waals surface area contributed by atoms with Gasteiger partial charge < -0.3 is 5.73 Å². The van der Waals surface area contributed by atoms with Gasteiger partial charge in [0.15, 0.2) is 9.84 Å². The van der Waals surface area contributed by atoms with Crippen molar-refractivity contribution in [1.82, 2.24) is 0 Å². The van der Waals surface area contributed by atoms with E-state index < -0.39 is 9.84 Å². The second kappa shape index (κ2) is 2.51. The van der Waals surface area contributed by atoms with Crippen LogP contribution in [0.15, 0.2) is 0 Å². The van der Waals surface area contributed by atoms with Gasteiger partial charge in [-0.3, -0.25) is 0 Å². The summed E-state index contributed by atoms with van der Waals surface area (Å²) in [5.41, 5.74) is 5.57. The second-order valence-corrected chi connectivity index (χ2v) is 5.36. The van der Waals surface area contributed by atoms with Gasteiger partial charge in [-0.2, -0.15) is 0 Å². The third-order valence-electron chi connectivity index (χ3n) is 2.14. The molecular formula is C6H13NO2S. The van der Waals surface area contributed by atoms with Crippen LogP contribution in [0.5, 0.6) is 0 Å². The molecule has 0 aromatic heterocycles. The number of sulfone groups is 1. The van der Waals surface area contributed by atoms with E-state index in [2.05, 4.69) is 0 Å². The molecule has 3 nitrogen and oxygen atoms in total. The van der Waals surface area contributed by atoms with Crippen molar-refractivity contribution in [2.75, 3.05) is 5.75 Å². The minimum atomic E-state index is -2.84. The molecule has 0 aromatic carbocycles. The van der Waals surface area contributed by atoms with Crippen LogP contribution in [0.25, 0.3) is 0 Å². The topological polar surface area (TPSA) is 60.2 Å². The SMILES string of the molecule is CC1C(N)CCCS1(=O)=O. The number of nitrogens with two attached hydrogens (primary N) is 1. The first-order valence-corrected chi connectivity index (χ1v) is 5.23.